The summed E-state index contributed by atoms with van der Waals surface area (Å²) in [6.45, 7) is 6.18. The van der Waals surface area contributed by atoms with Gasteiger partial charge in [0.25, 0.3) is 5.91 Å². The lowest BCUT2D eigenvalue weighted by molar-refractivity contribution is -0.158. The summed E-state index contributed by atoms with van der Waals surface area (Å²) in [6.07, 6.45) is 4.64. The average Bonchev–Trinajstić information content (AvgIpc) is 2.91. The molecule has 6 heteroatoms. The third-order valence-corrected chi connectivity index (χ3v) is 7.21. The lowest BCUT2D eigenvalue weighted by Gasteiger charge is -2.36. The predicted molar refractivity (Wildman–Crippen MR) is 113 cm³/mol. The number of nitrogens with one attached hydrogen (secondary N) is 1. The molecule has 1 aliphatic heterocycles. The van der Waals surface area contributed by atoms with Crippen molar-refractivity contribution in [1.29, 1.82) is 0 Å². The van der Waals surface area contributed by atoms with Gasteiger partial charge in [0.05, 0.1) is 0 Å². The fourth-order valence-corrected chi connectivity index (χ4v) is 5.43. The van der Waals surface area contributed by atoms with E-state index < -0.39 is 17.5 Å². The highest BCUT2D eigenvalue weighted by Gasteiger charge is 2.53. The van der Waals surface area contributed by atoms with Gasteiger partial charge in [-0.15, -0.1) is 0 Å². The van der Waals surface area contributed by atoms with Crippen LogP contribution in [0.15, 0.2) is 24.3 Å². The number of hydrogen-bond acceptors (Lipinski definition) is 4. The van der Waals surface area contributed by atoms with Crippen molar-refractivity contribution in [2.24, 2.45) is 17.8 Å². The van der Waals surface area contributed by atoms with Crippen molar-refractivity contribution in [3.05, 3.63) is 35.4 Å². The number of urea groups is 1. The number of imide groups is 1. The molecule has 30 heavy (non-hydrogen) atoms. The molecule has 6 nitrogen and oxygen atoms in total. The number of amides is 3. The van der Waals surface area contributed by atoms with E-state index in [-0.39, 0.29) is 18.6 Å². The number of hydrogen-bond donors (Lipinski definition) is 1. The van der Waals surface area contributed by atoms with Crippen molar-refractivity contribution in [3.8, 4) is 0 Å². The number of nitrogens with zero attached hydrogens (tertiary/aromatic N) is 1. The number of esters is 1. The van der Waals surface area contributed by atoms with Crippen molar-refractivity contribution >= 4 is 17.9 Å². The van der Waals surface area contributed by atoms with Crippen LogP contribution in [0, 0.1) is 17.8 Å². The highest BCUT2D eigenvalue weighted by molar-refractivity contribution is 6.09. The summed E-state index contributed by atoms with van der Waals surface area (Å²) in [5.41, 5.74) is 1.36. The normalized spacial score (nSPS) is 31.1. The Labute approximate surface area is 178 Å². The fourth-order valence-electron chi connectivity index (χ4n) is 5.43. The quantitative estimate of drug-likeness (QED) is 0.607. The molecule has 4 rings (SSSR count). The molecule has 0 bridgehead atoms. The standard InChI is InChI=1S/C24H32N2O4/c1-15(2)19-9-8-16(3)12-20(19)30-21(27)14-26-22(28)24(25-23(26)29)11-10-17-6-4-5-7-18(17)13-24/h4-7,15-16,19-20H,8-14H2,1-3H3,(H,25,29). The SMILES string of the molecule is CC1CCC(C(C)C)C(OC(=O)CN2C(=O)NC3(CCc4ccccc4C3)C2=O)C1. The molecule has 1 saturated carbocycles. The second-order valence-electron chi connectivity index (χ2n) is 9.70. The van der Waals surface area contributed by atoms with Crippen molar-refractivity contribution in [2.45, 2.75) is 70.9 Å². The maximum absolute atomic E-state index is 13.2. The van der Waals surface area contributed by atoms with Crippen molar-refractivity contribution in [1.82, 2.24) is 10.2 Å². The van der Waals surface area contributed by atoms with Crippen LogP contribution >= 0.6 is 0 Å². The first-order chi connectivity index (χ1) is 14.3. The number of rotatable bonds is 4. The summed E-state index contributed by atoms with van der Waals surface area (Å²) >= 11 is 0. The van der Waals surface area contributed by atoms with E-state index in [1.54, 1.807) is 0 Å². The summed E-state index contributed by atoms with van der Waals surface area (Å²) in [6, 6.07) is 7.52. The zero-order chi connectivity index (χ0) is 21.5. The molecule has 4 atom stereocenters. The van der Waals surface area contributed by atoms with Crippen LogP contribution in [0.1, 0.15) is 57.6 Å². The molecule has 3 aliphatic rings. The number of carbonyl (C=O) groups is 3. The monoisotopic (exact) mass is 412 g/mol. The minimum atomic E-state index is -0.939. The van der Waals surface area contributed by atoms with E-state index in [4.69, 9.17) is 4.74 Å². The molecular weight excluding hydrogens is 380 g/mol. The van der Waals surface area contributed by atoms with Crippen LogP contribution < -0.4 is 5.32 Å². The van der Waals surface area contributed by atoms with E-state index in [0.29, 0.717) is 30.6 Å². The molecule has 1 heterocycles. The minimum absolute atomic E-state index is 0.141. The Kier molecular flexibility index (Phi) is 5.60. The van der Waals surface area contributed by atoms with Gasteiger partial charge in [0.2, 0.25) is 0 Å². The predicted octanol–water partition coefficient (Wildman–Crippen LogP) is 3.47. The Balaban J connectivity index is 1.43. The first kappa shape index (κ1) is 20.9. The topological polar surface area (TPSA) is 75.7 Å². The third-order valence-electron chi connectivity index (χ3n) is 7.21. The summed E-state index contributed by atoms with van der Waals surface area (Å²) in [5, 5.41) is 2.88. The minimum Gasteiger partial charge on any atom is -0.461 e. The number of benzene rings is 1. The highest BCUT2D eigenvalue weighted by atomic mass is 16.5. The first-order valence-corrected chi connectivity index (χ1v) is 11.2. The zero-order valence-electron chi connectivity index (χ0n) is 18.1. The van der Waals surface area contributed by atoms with E-state index in [0.717, 1.165) is 36.1 Å². The van der Waals surface area contributed by atoms with Gasteiger partial charge in [0, 0.05) is 6.42 Å². The second kappa shape index (κ2) is 8.05. The van der Waals surface area contributed by atoms with E-state index in [1.165, 1.54) is 5.56 Å². The van der Waals surface area contributed by atoms with Gasteiger partial charge in [-0.1, -0.05) is 51.5 Å². The summed E-state index contributed by atoms with van der Waals surface area (Å²) < 4.78 is 5.81. The third kappa shape index (κ3) is 3.84. The van der Waals surface area contributed by atoms with Crippen LogP contribution in [0.4, 0.5) is 4.79 Å². The molecule has 2 aliphatic carbocycles. The number of aryl methyl sites for hydroxylation is 1. The van der Waals surface area contributed by atoms with E-state index in [2.05, 4.69) is 32.2 Å². The molecular formula is C24H32N2O4. The summed E-state index contributed by atoms with van der Waals surface area (Å²) in [7, 11) is 0. The fraction of sp³-hybridized carbons (Fsp3) is 0.625. The molecule has 1 spiro atoms. The largest absolute Gasteiger partial charge is 0.461 e. The molecule has 1 aromatic rings. The van der Waals surface area contributed by atoms with E-state index >= 15 is 0 Å². The van der Waals surface area contributed by atoms with Gasteiger partial charge in [-0.2, -0.15) is 0 Å². The van der Waals surface area contributed by atoms with Gasteiger partial charge >= 0.3 is 12.0 Å². The first-order valence-electron chi connectivity index (χ1n) is 11.2. The molecule has 162 valence electrons. The number of carbonyl (C=O) groups excluding carboxylic acids is 3. The van der Waals surface area contributed by atoms with Crippen LogP contribution in [0.5, 0.6) is 0 Å². The Morgan fingerprint density at radius 3 is 2.70 bits per heavy atom. The molecule has 1 N–H and O–H groups in total. The van der Waals surface area contributed by atoms with Crippen LogP contribution in [-0.2, 0) is 27.2 Å². The summed E-state index contributed by atoms with van der Waals surface area (Å²) in [5.74, 6) is 0.472. The lowest BCUT2D eigenvalue weighted by Crippen LogP contribution is -2.51. The highest BCUT2D eigenvalue weighted by Crippen LogP contribution is 2.36. The Morgan fingerprint density at radius 2 is 1.97 bits per heavy atom. The van der Waals surface area contributed by atoms with Crippen molar-refractivity contribution in [2.75, 3.05) is 6.54 Å². The Morgan fingerprint density at radius 1 is 1.23 bits per heavy atom. The second-order valence-corrected chi connectivity index (χ2v) is 9.70. The van der Waals surface area contributed by atoms with Crippen LogP contribution in [0.25, 0.3) is 0 Å². The van der Waals surface area contributed by atoms with Crippen LogP contribution in [0.3, 0.4) is 0 Å². The van der Waals surface area contributed by atoms with Gasteiger partial charge in [-0.3, -0.25) is 14.5 Å². The smallest absolute Gasteiger partial charge is 0.326 e. The molecule has 3 amide bonds. The van der Waals surface area contributed by atoms with Crippen molar-refractivity contribution in [3.63, 3.8) is 0 Å². The van der Waals surface area contributed by atoms with Gasteiger partial charge in [-0.05, 0) is 54.6 Å². The maximum Gasteiger partial charge on any atom is 0.326 e. The van der Waals surface area contributed by atoms with Crippen LogP contribution in [0.2, 0.25) is 0 Å². The average molecular weight is 413 g/mol. The van der Waals surface area contributed by atoms with Gasteiger partial charge in [0.1, 0.15) is 18.2 Å². The summed E-state index contributed by atoms with van der Waals surface area (Å²) in [4.78, 5) is 39.6. The Hall–Kier alpha value is -2.37. The van der Waals surface area contributed by atoms with Gasteiger partial charge < -0.3 is 10.1 Å². The van der Waals surface area contributed by atoms with Gasteiger partial charge in [-0.25, -0.2) is 4.79 Å². The molecule has 0 radical (unpaired) electrons. The molecule has 1 saturated heterocycles. The molecule has 1 aromatic carbocycles. The van der Waals surface area contributed by atoms with E-state index in [9.17, 15) is 14.4 Å². The zero-order valence-corrected chi connectivity index (χ0v) is 18.1. The Bertz CT molecular complexity index is 851. The lowest BCUT2D eigenvalue weighted by atomic mass is 9.75. The number of fused-ring (bicyclic) bond motifs is 1. The molecule has 4 unspecified atom stereocenters. The van der Waals surface area contributed by atoms with E-state index in [1.807, 2.05) is 18.2 Å². The molecule has 0 aromatic heterocycles. The van der Waals surface area contributed by atoms with Crippen molar-refractivity contribution < 1.29 is 19.1 Å². The maximum atomic E-state index is 13.2. The van der Waals surface area contributed by atoms with Crippen LogP contribution in [-0.4, -0.2) is 41.0 Å². The van der Waals surface area contributed by atoms with Gasteiger partial charge in [0.15, 0.2) is 0 Å². The number of ether oxygens (including phenoxy) is 1. The molecule has 2 fully saturated rings.